The zero-order valence-electron chi connectivity index (χ0n) is 19.2. The quantitative estimate of drug-likeness (QED) is 0.598. The summed E-state index contributed by atoms with van der Waals surface area (Å²) in [7, 11) is 0. The van der Waals surface area contributed by atoms with Gasteiger partial charge in [0.25, 0.3) is 11.8 Å². The maximum Gasteiger partial charge on any atom is 0.342 e. The molecule has 3 aromatic rings. The van der Waals surface area contributed by atoms with Gasteiger partial charge in [0, 0.05) is 0 Å². The van der Waals surface area contributed by atoms with Gasteiger partial charge in [0.1, 0.15) is 11.1 Å². The minimum absolute atomic E-state index is 0.181. The van der Waals surface area contributed by atoms with Crippen LogP contribution in [0, 0.1) is 13.8 Å². The number of nitrogens with one attached hydrogen (secondary N) is 1. The number of aromatic nitrogens is 2. The molecular weight excluding hydrogens is 432 g/mol. The largest absolute Gasteiger partial charge is 0.452 e. The van der Waals surface area contributed by atoms with E-state index in [1.54, 1.807) is 29.5 Å². The molecule has 2 amide bonds. The average Bonchev–Trinajstić information content (AvgIpc) is 3.44. The van der Waals surface area contributed by atoms with Crippen LogP contribution in [-0.4, -0.2) is 39.7 Å². The Bertz CT molecular complexity index is 1280. The minimum atomic E-state index is -0.943. The molecule has 2 aromatic carbocycles. The molecule has 34 heavy (non-hydrogen) atoms. The Balaban J connectivity index is 1.40. The van der Waals surface area contributed by atoms with Crippen molar-refractivity contribution in [3.8, 4) is 5.69 Å². The van der Waals surface area contributed by atoms with Gasteiger partial charge in [-0.15, -0.1) is 0 Å². The van der Waals surface area contributed by atoms with Crippen LogP contribution in [0.3, 0.4) is 0 Å². The fraction of sp³-hybridized carbons (Fsp3) is 0.308. The van der Waals surface area contributed by atoms with E-state index in [1.807, 2.05) is 48.5 Å². The number of rotatable bonds is 4. The molecular formula is C26H26N4O4. The fourth-order valence-corrected chi connectivity index (χ4v) is 5.15. The first kappa shape index (κ1) is 21.9. The highest BCUT2D eigenvalue weighted by Gasteiger charge is 2.52. The highest BCUT2D eigenvalue weighted by Crippen LogP contribution is 2.45. The standard InChI is InChI=1S/C26H26N4O4/c1-17-23(18(2)30(28-17)19-10-4-3-5-11-19)24(32)34-16-22(31)29-21-13-7-6-12-20(21)27-25(33)26(29)14-8-9-15-26/h3-7,10-13H,8-9,14-16H2,1-2H3,(H,27,33). The molecule has 0 bridgehead atoms. The van der Waals surface area contributed by atoms with Crippen LogP contribution in [-0.2, 0) is 14.3 Å². The maximum absolute atomic E-state index is 13.4. The van der Waals surface area contributed by atoms with Crippen LogP contribution in [0.15, 0.2) is 54.6 Å². The molecule has 8 heteroatoms. The second-order valence-corrected chi connectivity index (χ2v) is 8.81. The third-order valence-corrected chi connectivity index (χ3v) is 6.75. The number of fused-ring (bicyclic) bond motifs is 1. The number of benzene rings is 2. The average molecular weight is 459 g/mol. The lowest BCUT2D eigenvalue weighted by atomic mass is 9.90. The molecule has 2 heterocycles. The van der Waals surface area contributed by atoms with Crippen molar-refractivity contribution in [2.75, 3.05) is 16.8 Å². The highest BCUT2D eigenvalue weighted by atomic mass is 16.5. The smallest absolute Gasteiger partial charge is 0.342 e. The third kappa shape index (κ3) is 3.46. The molecule has 1 aliphatic carbocycles. The van der Waals surface area contributed by atoms with Crippen molar-refractivity contribution >= 4 is 29.2 Å². The first-order chi connectivity index (χ1) is 16.4. The lowest BCUT2D eigenvalue weighted by molar-refractivity contribution is -0.129. The van der Waals surface area contributed by atoms with Crippen LogP contribution in [0.25, 0.3) is 5.69 Å². The van der Waals surface area contributed by atoms with Gasteiger partial charge in [0.05, 0.1) is 28.5 Å². The van der Waals surface area contributed by atoms with Gasteiger partial charge in [-0.05, 0) is 51.0 Å². The van der Waals surface area contributed by atoms with E-state index in [9.17, 15) is 14.4 Å². The molecule has 0 unspecified atom stereocenters. The zero-order chi connectivity index (χ0) is 23.9. The number of para-hydroxylation sites is 3. The molecule has 0 saturated heterocycles. The molecule has 5 rings (SSSR count). The molecule has 1 fully saturated rings. The minimum Gasteiger partial charge on any atom is -0.452 e. The Hall–Kier alpha value is -3.94. The number of anilines is 2. The number of esters is 1. The summed E-state index contributed by atoms with van der Waals surface area (Å²) in [5.41, 5.74) is 2.60. The number of aryl methyl sites for hydroxylation is 1. The van der Waals surface area contributed by atoms with E-state index in [0.717, 1.165) is 18.5 Å². The van der Waals surface area contributed by atoms with Gasteiger partial charge >= 0.3 is 5.97 Å². The maximum atomic E-state index is 13.4. The van der Waals surface area contributed by atoms with Gasteiger partial charge in [-0.25, -0.2) is 9.48 Å². The van der Waals surface area contributed by atoms with E-state index in [1.165, 1.54) is 0 Å². The van der Waals surface area contributed by atoms with Crippen molar-refractivity contribution < 1.29 is 19.1 Å². The molecule has 1 N–H and O–H groups in total. The monoisotopic (exact) mass is 458 g/mol. The van der Waals surface area contributed by atoms with E-state index in [4.69, 9.17) is 4.74 Å². The fourth-order valence-electron chi connectivity index (χ4n) is 5.15. The van der Waals surface area contributed by atoms with E-state index in [-0.39, 0.29) is 5.91 Å². The summed E-state index contributed by atoms with van der Waals surface area (Å²) >= 11 is 0. The van der Waals surface area contributed by atoms with Crippen molar-refractivity contribution in [2.24, 2.45) is 0 Å². The van der Waals surface area contributed by atoms with Gasteiger partial charge in [-0.2, -0.15) is 5.10 Å². The number of ether oxygens (including phenoxy) is 1. The predicted molar refractivity (Wildman–Crippen MR) is 127 cm³/mol. The molecule has 8 nitrogen and oxygen atoms in total. The van der Waals surface area contributed by atoms with Crippen LogP contribution in [0.4, 0.5) is 11.4 Å². The lowest BCUT2D eigenvalue weighted by Crippen LogP contribution is -2.61. The van der Waals surface area contributed by atoms with Crippen LogP contribution in [0.1, 0.15) is 47.4 Å². The highest BCUT2D eigenvalue weighted by molar-refractivity contribution is 6.15. The summed E-state index contributed by atoms with van der Waals surface area (Å²) < 4.78 is 7.18. The van der Waals surface area contributed by atoms with Crippen LogP contribution >= 0.6 is 0 Å². The van der Waals surface area contributed by atoms with Crippen molar-refractivity contribution in [3.63, 3.8) is 0 Å². The molecule has 1 saturated carbocycles. The Morgan fingerprint density at radius 2 is 1.71 bits per heavy atom. The molecule has 1 aromatic heterocycles. The van der Waals surface area contributed by atoms with E-state index >= 15 is 0 Å². The molecule has 174 valence electrons. The Morgan fingerprint density at radius 1 is 1.03 bits per heavy atom. The molecule has 1 spiro atoms. The summed E-state index contributed by atoms with van der Waals surface area (Å²) in [5, 5.41) is 7.43. The number of nitrogens with zero attached hydrogens (tertiary/aromatic N) is 3. The first-order valence-corrected chi connectivity index (χ1v) is 11.4. The molecule has 1 aliphatic heterocycles. The van der Waals surface area contributed by atoms with Crippen LogP contribution < -0.4 is 10.2 Å². The second-order valence-electron chi connectivity index (χ2n) is 8.81. The number of hydrogen-bond acceptors (Lipinski definition) is 5. The zero-order valence-corrected chi connectivity index (χ0v) is 19.2. The molecule has 0 radical (unpaired) electrons. The van der Waals surface area contributed by atoms with Gasteiger partial charge in [0.15, 0.2) is 6.61 Å². The van der Waals surface area contributed by atoms with Crippen molar-refractivity contribution in [1.82, 2.24) is 9.78 Å². The van der Waals surface area contributed by atoms with Crippen LogP contribution in [0.2, 0.25) is 0 Å². The number of carbonyl (C=O) groups excluding carboxylic acids is 3. The summed E-state index contributed by atoms with van der Waals surface area (Å²) in [6, 6.07) is 16.7. The summed E-state index contributed by atoms with van der Waals surface area (Å²) in [6.45, 7) is 3.07. The molecule has 0 atom stereocenters. The lowest BCUT2D eigenvalue weighted by Gasteiger charge is -2.44. The summed E-state index contributed by atoms with van der Waals surface area (Å²) in [4.78, 5) is 41.1. The van der Waals surface area contributed by atoms with E-state index in [2.05, 4.69) is 10.4 Å². The van der Waals surface area contributed by atoms with Crippen molar-refractivity contribution in [1.29, 1.82) is 0 Å². The van der Waals surface area contributed by atoms with Crippen molar-refractivity contribution in [2.45, 2.75) is 45.1 Å². The van der Waals surface area contributed by atoms with Crippen LogP contribution in [0.5, 0.6) is 0 Å². The van der Waals surface area contributed by atoms with E-state index in [0.29, 0.717) is 41.2 Å². The number of carbonyl (C=O) groups is 3. The SMILES string of the molecule is Cc1nn(-c2ccccc2)c(C)c1C(=O)OCC(=O)N1c2ccccc2NC(=O)C12CCCC2. The Labute approximate surface area is 197 Å². The number of hydrogen-bond donors (Lipinski definition) is 1. The first-order valence-electron chi connectivity index (χ1n) is 11.4. The Kier molecular flexibility index (Phi) is 5.43. The Morgan fingerprint density at radius 3 is 2.44 bits per heavy atom. The topological polar surface area (TPSA) is 93.5 Å². The normalized spacial score (nSPS) is 16.3. The van der Waals surface area contributed by atoms with Gasteiger partial charge in [0.2, 0.25) is 0 Å². The number of amides is 2. The van der Waals surface area contributed by atoms with Gasteiger partial charge in [-0.3, -0.25) is 14.5 Å². The van der Waals surface area contributed by atoms with E-state index < -0.39 is 24.0 Å². The predicted octanol–water partition coefficient (Wildman–Crippen LogP) is 3.94. The second kappa shape index (κ2) is 8.44. The van der Waals surface area contributed by atoms with Crippen molar-refractivity contribution in [3.05, 3.63) is 71.5 Å². The molecule has 2 aliphatic rings. The van der Waals surface area contributed by atoms with Gasteiger partial charge in [-0.1, -0.05) is 43.2 Å². The summed E-state index contributed by atoms with van der Waals surface area (Å²) in [6.07, 6.45) is 2.87. The third-order valence-electron chi connectivity index (χ3n) is 6.75. The van der Waals surface area contributed by atoms with Gasteiger partial charge < -0.3 is 10.1 Å². The summed E-state index contributed by atoms with van der Waals surface area (Å²) in [5.74, 6) is -1.21.